The Balaban J connectivity index is 1.67. The summed E-state index contributed by atoms with van der Waals surface area (Å²) in [6.45, 7) is 3.73. The number of anilines is 1. The Morgan fingerprint density at radius 1 is 1.00 bits per heavy atom. The van der Waals surface area contributed by atoms with Crippen molar-refractivity contribution in [1.82, 2.24) is 4.90 Å². The molecule has 0 radical (unpaired) electrons. The van der Waals surface area contributed by atoms with Crippen LogP contribution in [0.25, 0.3) is 6.08 Å². The van der Waals surface area contributed by atoms with Crippen LogP contribution in [0.15, 0.2) is 52.8 Å². The third kappa shape index (κ3) is 3.59. The second-order valence-electron chi connectivity index (χ2n) is 7.70. The summed E-state index contributed by atoms with van der Waals surface area (Å²) in [6, 6.07) is 8.90. The fraction of sp³-hybridized carbons (Fsp3) is 0.478. The molecule has 1 saturated heterocycles. The lowest BCUT2D eigenvalue weighted by Crippen LogP contribution is -2.36. The molecule has 0 aromatic heterocycles. The summed E-state index contributed by atoms with van der Waals surface area (Å²) in [5.41, 5.74) is 8.79. The van der Waals surface area contributed by atoms with Gasteiger partial charge < -0.3 is 14.5 Å². The van der Waals surface area contributed by atoms with Crippen molar-refractivity contribution < 1.29 is 4.74 Å². The second-order valence-corrected chi connectivity index (χ2v) is 7.70. The van der Waals surface area contributed by atoms with Crippen molar-refractivity contribution >= 4 is 11.8 Å². The van der Waals surface area contributed by atoms with Crippen LogP contribution in [0.5, 0.6) is 0 Å². The zero-order valence-corrected chi connectivity index (χ0v) is 16.1. The molecule has 138 valence electrons. The van der Waals surface area contributed by atoms with Gasteiger partial charge in [0.05, 0.1) is 13.2 Å². The third-order valence-electron chi connectivity index (χ3n) is 5.74. The van der Waals surface area contributed by atoms with E-state index in [1.54, 1.807) is 11.1 Å². The van der Waals surface area contributed by atoms with Gasteiger partial charge in [-0.25, -0.2) is 0 Å². The summed E-state index contributed by atoms with van der Waals surface area (Å²) in [4.78, 5) is 4.72. The van der Waals surface area contributed by atoms with E-state index in [1.807, 2.05) is 0 Å². The van der Waals surface area contributed by atoms with E-state index in [0.29, 0.717) is 0 Å². The highest BCUT2D eigenvalue weighted by Crippen LogP contribution is 2.41. The van der Waals surface area contributed by atoms with Crippen LogP contribution in [-0.4, -0.2) is 45.3 Å². The molecule has 1 heterocycles. The SMILES string of the molecule is CN(C)c1ccc(/C=C2/CCC(C3=CCCC3)=C2N2CCOCC2)cc1. The van der Waals surface area contributed by atoms with Crippen molar-refractivity contribution in [1.29, 1.82) is 0 Å². The van der Waals surface area contributed by atoms with Gasteiger partial charge in [-0.2, -0.15) is 0 Å². The number of rotatable bonds is 4. The number of allylic oxidation sites excluding steroid dienone is 4. The third-order valence-corrected chi connectivity index (χ3v) is 5.74. The molecule has 0 spiro atoms. The van der Waals surface area contributed by atoms with Crippen LogP contribution in [0, 0.1) is 0 Å². The molecule has 1 aromatic carbocycles. The molecular formula is C23H30N2O. The maximum absolute atomic E-state index is 5.61. The lowest BCUT2D eigenvalue weighted by Gasteiger charge is -2.32. The van der Waals surface area contributed by atoms with E-state index < -0.39 is 0 Å². The van der Waals surface area contributed by atoms with Gasteiger partial charge in [0.15, 0.2) is 0 Å². The first kappa shape index (κ1) is 17.4. The van der Waals surface area contributed by atoms with Crippen molar-refractivity contribution in [3.05, 3.63) is 58.3 Å². The number of morpholine rings is 1. The average Bonchev–Trinajstić information content (AvgIpc) is 3.32. The first-order chi connectivity index (χ1) is 12.7. The number of nitrogens with zero attached hydrogens (tertiary/aromatic N) is 2. The zero-order chi connectivity index (χ0) is 17.9. The van der Waals surface area contributed by atoms with Crippen LogP contribution >= 0.6 is 0 Å². The summed E-state index contributed by atoms with van der Waals surface area (Å²) in [7, 11) is 4.18. The molecule has 0 amide bonds. The van der Waals surface area contributed by atoms with Crippen LogP contribution in [0.3, 0.4) is 0 Å². The minimum Gasteiger partial charge on any atom is -0.378 e. The molecule has 1 aliphatic heterocycles. The molecule has 3 aliphatic rings. The first-order valence-electron chi connectivity index (χ1n) is 9.96. The Labute approximate surface area is 157 Å². The van der Waals surface area contributed by atoms with E-state index in [4.69, 9.17) is 4.74 Å². The van der Waals surface area contributed by atoms with E-state index in [0.717, 1.165) is 32.7 Å². The predicted molar refractivity (Wildman–Crippen MR) is 109 cm³/mol. The van der Waals surface area contributed by atoms with Crippen LogP contribution in [0.2, 0.25) is 0 Å². The van der Waals surface area contributed by atoms with Crippen LogP contribution in [-0.2, 0) is 4.74 Å². The Kier molecular flexibility index (Phi) is 5.16. The number of ether oxygens (including phenoxy) is 1. The second kappa shape index (κ2) is 7.71. The lowest BCUT2D eigenvalue weighted by molar-refractivity contribution is 0.0547. The van der Waals surface area contributed by atoms with Crippen molar-refractivity contribution in [2.24, 2.45) is 0 Å². The molecule has 0 bridgehead atoms. The van der Waals surface area contributed by atoms with Gasteiger partial charge in [-0.15, -0.1) is 0 Å². The Morgan fingerprint density at radius 2 is 1.77 bits per heavy atom. The van der Waals surface area contributed by atoms with Crippen molar-refractivity contribution in [2.75, 3.05) is 45.3 Å². The Morgan fingerprint density at radius 3 is 2.42 bits per heavy atom. The van der Waals surface area contributed by atoms with E-state index in [2.05, 4.69) is 60.3 Å². The number of hydrogen-bond acceptors (Lipinski definition) is 3. The number of benzene rings is 1. The maximum Gasteiger partial charge on any atom is 0.0642 e. The highest BCUT2D eigenvalue weighted by molar-refractivity contribution is 5.65. The summed E-state index contributed by atoms with van der Waals surface area (Å²) in [6.07, 6.45) is 11.1. The predicted octanol–water partition coefficient (Wildman–Crippen LogP) is 4.63. The largest absolute Gasteiger partial charge is 0.378 e. The monoisotopic (exact) mass is 350 g/mol. The summed E-state index contributed by atoms with van der Waals surface area (Å²) < 4.78 is 5.61. The molecule has 0 atom stereocenters. The molecule has 0 unspecified atom stereocenters. The summed E-state index contributed by atoms with van der Waals surface area (Å²) >= 11 is 0. The molecule has 4 rings (SSSR count). The molecule has 3 nitrogen and oxygen atoms in total. The maximum atomic E-state index is 5.61. The fourth-order valence-electron chi connectivity index (χ4n) is 4.34. The van der Waals surface area contributed by atoms with Gasteiger partial charge in [0.25, 0.3) is 0 Å². The van der Waals surface area contributed by atoms with Crippen LogP contribution < -0.4 is 4.90 Å². The van der Waals surface area contributed by atoms with E-state index >= 15 is 0 Å². The van der Waals surface area contributed by atoms with Gasteiger partial charge in [-0.1, -0.05) is 18.2 Å². The minimum absolute atomic E-state index is 0.848. The van der Waals surface area contributed by atoms with E-state index in [1.165, 1.54) is 48.2 Å². The van der Waals surface area contributed by atoms with Gasteiger partial charge in [0, 0.05) is 38.6 Å². The van der Waals surface area contributed by atoms with Crippen molar-refractivity contribution in [3.63, 3.8) is 0 Å². The molecule has 1 fully saturated rings. The first-order valence-corrected chi connectivity index (χ1v) is 9.96. The standard InChI is InChI=1S/C23H30N2O/c1-24(2)21-10-7-18(8-11-21)17-20-9-12-22(19-5-3-4-6-19)23(20)25-13-15-26-16-14-25/h5,7-8,10-11,17H,3-4,6,9,12-16H2,1-2H3/b20-17-. The molecule has 3 heteroatoms. The lowest BCUT2D eigenvalue weighted by atomic mass is 10.0. The van der Waals surface area contributed by atoms with Gasteiger partial charge in [-0.05, 0) is 72.6 Å². The molecule has 0 saturated carbocycles. The molecular weight excluding hydrogens is 320 g/mol. The van der Waals surface area contributed by atoms with Gasteiger partial charge in [0.2, 0.25) is 0 Å². The van der Waals surface area contributed by atoms with Gasteiger partial charge in [0.1, 0.15) is 0 Å². The van der Waals surface area contributed by atoms with Gasteiger partial charge in [-0.3, -0.25) is 0 Å². The fourth-order valence-corrected chi connectivity index (χ4v) is 4.34. The highest BCUT2D eigenvalue weighted by Gasteiger charge is 2.28. The zero-order valence-electron chi connectivity index (χ0n) is 16.1. The van der Waals surface area contributed by atoms with Crippen molar-refractivity contribution in [2.45, 2.75) is 32.1 Å². The Hall–Kier alpha value is -2.00. The summed E-state index contributed by atoms with van der Waals surface area (Å²) in [5.74, 6) is 0. The van der Waals surface area contributed by atoms with Crippen molar-refractivity contribution in [3.8, 4) is 0 Å². The smallest absolute Gasteiger partial charge is 0.0642 e. The van der Waals surface area contributed by atoms with Gasteiger partial charge >= 0.3 is 0 Å². The minimum atomic E-state index is 0.848. The summed E-state index contributed by atoms with van der Waals surface area (Å²) in [5, 5.41) is 0. The normalized spacial score (nSPS) is 22.3. The average molecular weight is 351 g/mol. The van der Waals surface area contributed by atoms with Crippen LogP contribution in [0.4, 0.5) is 5.69 Å². The Bertz CT molecular complexity index is 734. The quantitative estimate of drug-likeness (QED) is 0.788. The van der Waals surface area contributed by atoms with E-state index in [9.17, 15) is 0 Å². The van der Waals surface area contributed by atoms with E-state index in [-0.39, 0.29) is 0 Å². The molecule has 26 heavy (non-hydrogen) atoms. The number of hydrogen-bond donors (Lipinski definition) is 0. The molecule has 1 aromatic rings. The highest BCUT2D eigenvalue weighted by atomic mass is 16.5. The molecule has 0 N–H and O–H groups in total. The topological polar surface area (TPSA) is 15.7 Å². The van der Waals surface area contributed by atoms with Crippen LogP contribution in [0.1, 0.15) is 37.7 Å². The molecule has 2 aliphatic carbocycles.